The van der Waals surface area contributed by atoms with Gasteiger partial charge in [0, 0.05) is 32.9 Å². The highest BCUT2D eigenvalue weighted by Gasteiger charge is 2.40. The molecule has 194 valence electrons. The van der Waals surface area contributed by atoms with Crippen molar-refractivity contribution in [3.05, 3.63) is 57.2 Å². The van der Waals surface area contributed by atoms with E-state index >= 15 is 0 Å². The third-order valence-corrected chi connectivity index (χ3v) is 8.82. The Morgan fingerprint density at radius 3 is 2.78 bits per heavy atom. The van der Waals surface area contributed by atoms with Crippen LogP contribution in [0.2, 0.25) is 25.7 Å². The normalized spacial score (nSPS) is 15.7. The molecule has 0 aliphatic heterocycles. The Morgan fingerprint density at radius 1 is 1.33 bits per heavy atom. The van der Waals surface area contributed by atoms with Crippen molar-refractivity contribution >= 4 is 40.8 Å². The van der Waals surface area contributed by atoms with E-state index in [1.165, 1.54) is 6.07 Å². The smallest absolute Gasteiger partial charge is 0.273 e. The van der Waals surface area contributed by atoms with Crippen LogP contribution in [0.15, 0.2) is 34.9 Å². The second-order valence-corrected chi connectivity index (χ2v) is 17.0. The lowest BCUT2D eigenvalue weighted by atomic mass is 9.97. The molecule has 0 spiro atoms. The van der Waals surface area contributed by atoms with E-state index in [-0.39, 0.29) is 24.6 Å². The van der Waals surface area contributed by atoms with Crippen molar-refractivity contribution in [2.24, 2.45) is 0 Å². The predicted molar refractivity (Wildman–Crippen MR) is 143 cm³/mol. The highest BCUT2D eigenvalue weighted by atomic mass is 79.9. The molecule has 1 heterocycles. The van der Waals surface area contributed by atoms with E-state index in [9.17, 15) is 13.6 Å². The fraction of sp³-hybridized carbons (Fsp3) is 0.462. The number of rotatable bonds is 9. The Bertz CT molecular complexity index is 1290. The summed E-state index contributed by atoms with van der Waals surface area (Å²) < 4.78 is 42.2. The maximum absolute atomic E-state index is 14.2. The van der Waals surface area contributed by atoms with Crippen LogP contribution in [0.25, 0.3) is 10.9 Å². The monoisotopic (exact) mass is 579 g/mol. The summed E-state index contributed by atoms with van der Waals surface area (Å²) >= 11 is 3.50. The fourth-order valence-corrected chi connectivity index (χ4v) is 5.92. The third-order valence-electron chi connectivity index (χ3n) is 6.53. The van der Waals surface area contributed by atoms with Crippen molar-refractivity contribution in [2.45, 2.75) is 64.1 Å². The molecule has 6 nitrogen and oxygen atoms in total. The minimum absolute atomic E-state index is 0.0588. The van der Waals surface area contributed by atoms with E-state index in [1.807, 2.05) is 6.92 Å². The van der Waals surface area contributed by atoms with Gasteiger partial charge in [-0.2, -0.15) is 5.10 Å². The zero-order valence-corrected chi connectivity index (χ0v) is 23.8. The van der Waals surface area contributed by atoms with Crippen LogP contribution in [0.1, 0.15) is 46.4 Å². The molecule has 4 rings (SSSR count). The SMILES string of the molecule is COc1c(Br)cc(C(=O)NC(C)c2cccc3c2CCC3(F)F)c2nn(COCC[Si](C)(C)C)cc12. The molecule has 1 aliphatic carbocycles. The largest absolute Gasteiger partial charge is 0.495 e. The molecule has 1 atom stereocenters. The maximum Gasteiger partial charge on any atom is 0.273 e. The zero-order valence-electron chi connectivity index (χ0n) is 21.3. The van der Waals surface area contributed by atoms with Gasteiger partial charge in [0.1, 0.15) is 18.0 Å². The van der Waals surface area contributed by atoms with Gasteiger partial charge in [0.15, 0.2) is 0 Å². The van der Waals surface area contributed by atoms with E-state index in [2.05, 4.69) is 46.0 Å². The average molecular weight is 581 g/mol. The number of methoxy groups -OCH3 is 1. The summed E-state index contributed by atoms with van der Waals surface area (Å²) in [5, 5.41) is 8.28. The van der Waals surface area contributed by atoms with E-state index in [4.69, 9.17) is 9.47 Å². The van der Waals surface area contributed by atoms with Crippen molar-refractivity contribution < 1.29 is 23.0 Å². The molecule has 1 aliphatic rings. The Balaban J connectivity index is 1.59. The second kappa shape index (κ2) is 10.2. The number of hydrogen-bond acceptors (Lipinski definition) is 4. The molecule has 1 aromatic heterocycles. The lowest BCUT2D eigenvalue weighted by Crippen LogP contribution is -2.27. The first-order valence-corrected chi connectivity index (χ1v) is 16.5. The zero-order chi connectivity index (χ0) is 26.3. The standard InChI is InChI=1S/C26H32BrF2N3O3Si/c1-16(17-7-6-8-21-18(17)9-10-26(21,28)29)30-25(33)19-13-22(27)24(34-2)20-14-32(31-23(19)20)15-35-11-12-36(3,4)5/h6-8,13-14,16H,9-12,15H2,1-5H3,(H,30,33). The first-order chi connectivity index (χ1) is 16.9. The number of ether oxygens (including phenoxy) is 2. The van der Waals surface area contributed by atoms with Crippen LogP contribution in [-0.2, 0) is 23.8 Å². The van der Waals surface area contributed by atoms with Gasteiger partial charge in [-0.1, -0.05) is 37.8 Å². The summed E-state index contributed by atoms with van der Waals surface area (Å²) in [4.78, 5) is 13.4. The third kappa shape index (κ3) is 5.50. The Hall–Kier alpha value is -2.30. The first kappa shape index (κ1) is 26.8. The summed E-state index contributed by atoms with van der Waals surface area (Å²) in [7, 11) is 0.357. The molecule has 1 amide bonds. The lowest BCUT2D eigenvalue weighted by Gasteiger charge is -2.19. The molecule has 0 radical (unpaired) electrons. The number of nitrogens with zero attached hydrogens (tertiary/aromatic N) is 2. The quantitative estimate of drug-likeness (QED) is 0.228. The number of nitrogens with one attached hydrogen (secondary N) is 1. The average Bonchev–Trinajstić information content (AvgIpc) is 3.36. The van der Waals surface area contributed by atoms with E-state index in [0.717, 1.165) is 6.04 Å². The highest BCUT2D eigenvalue weighted by Crippen LogP contribution is 2.44. The molecule has 10 heteroatoms. The van der Waals surface area contributed by atoms with Gasteiger partial charge < -0.3 is 14.8 Å². The van der Waals surface area contributed by atoms with Crippen molar-refractivity contribution in [3.63, 3.8) is 0 Å². The molecule has 36 heavy (non-hydrogen) atoms. The van der Waals surface area contributed by atoms with Crippen LogP contribution in [0, 0.1) is 0 Å². The van der Waals surface area contributed by atoms with Crippen molar-refractivity contribution in [3.8, 4) is 5.75 Å². The van der Waals surface area contributed by atoms with Gasteiger partial charge in [0.05, 0.1) is 28.6 Å². The highest BCUT2D eigenvalue weighted by molar-refractivity contribution is 9.10. The second-order valence-electron chi connectivity index (χ2n) is 10.5. The molecule has 0 saturated carbocycles. The molecule has 0 bridgehead atoms. The molecule has 1 N–H and O–H groups in total. The topological polar surface area (TPSA) is 65.4 Å². The molecular weight excluding hydrogens is 548 g/mol. The molecular formula is C26H32BrF2N3O3Si. The number of alkyl halides is 2. The van der Waals surface area contributed by atoms with E-state index < -0.39 is 20.0 Å². The summed E-state index contributed by atoms with van der Waals surface area (Å²) in [6.45, 7) is 9.61. The Morgan fingerprint density at radius 2 is 2.08 bits per heavy atom. The van der Waals surface area contributed by atoms with Gasteiger partial charge in [0.25, 0.3) is 11.8 Å². The number of fused-ring (bicyclic) bond motifs is 2. The number of amides is 1. The number of hydrogen-bond donors (Lipinski definition) is 1. The summed E-state index contributed by atoms with van der Waals surface area (Å²) in [6.07, 6.45) is 1.89. The number of halogens is 3. The maximum atomic E-state index is 14.2. The van der Waals surface area contributed by atoms with Crippen LogP contribution in [-0.4, -0.2) is 37.5 Å². The van der Waals surface area contributed by atoms with Crippen LogP contribution in [0.3, 0.4) is 0 Å². The van der Waals surface area contributed by atoms with Crippen LogP contribution >= 0.6 is 15.9 Å². The summed E-state index contributed by atoms with van der Waals surface area (Å²) in [5.41, 5.74) is 2.24. The molecule has 3 aromatic rings. The summed E-state index contributed by atoms with van der Waals surface area (Å²) in [5.74, 6) is -2.60. The number of carbonyl (C=O) groups excluding carboxylic acids is 1. The number of benzene rings is 2. The van der Waals surface area contributed by atoms with E-state index in [1.54, 1.807) is 36.2 Å². The van der Waals surface area contributed by atoms with Gasteiger partial charge in [-0.25, -0.2) is 13.5 Å². The summed E-state index contributed by atoms with van der Waals surface area (Å²) in [6, 6.07) is 7.17. The van der Waals surface area contributed by atoms with Crippen molar-refractivity contribution in [1.82, 2.24) is 15.1 Å². The van der Waals surface area contributed by atoms with Gasteiger partial charge in [-0.3, -0.25) is 4.79 Å². The fourth-order valence-electron chi connectivity index (χ4n) is 4.56. The van der Waals surface area contributed by atoms with Crippen LogP contribution in [0.4, 0.5) is 8.78 Å². The first-order valence-electron chi connectivity index (χ1n) is 12.0. The predicted octanol–water partition coefficient (Wildman–Crippen LogP) is 6.65. The minimum atomic E-state index is -2.83. The van der Waals surface area contributed by atoms with Gasteiger partial charge >= 0.3 is 0 Å². The molecule has 0 fully saturated rings. The van der Waals surface area contributed by atoms with Gasteiger partial charge in [0.2, 0.25) is 0 Å². The number of aromatic nitrogens is 2. The van der Waals surface area contributed by atoms with Crippen LogP contribution < -0.4 is 10.1 Å². The van der Waals surface area contributed by atoms with Crippen LogP contribution in [0.5, 0.6) is 5.75 Å². The Kier molecular flexibility index (Phi) is 7.59. The van der Waals surface area contributed by atoms with Gasteiger partial charge in [-0.15, -0.1) is 0 Å². The van der Waals surface area contributed by atoms with Crippen molar-refractivity contribution in [2.75, 3.05) is 13.7 Å². The molecule has 0 saturated heterocycles. The molecule has 2 aromatic carbocycles. The Labute approximate surface area is 219 Å². The number of carbonyl (C=O) groups is 1. The van der Waals surface area contributed by atoms with E-state index in [0.29, 0.717) is 50.8 Å². The minimum Gasteiger partial charge on any atom is -0.495 e. The molecule has 1 unspecified atom stereocenters. The van der Waals surface area contributed by atoms with Crippen molar-refractivity contribution in [1.29, 1.82) is 0 Å². The lowest BCUT2D eigenvalue weighted by molar-refractivity contribution is -0.00185. The van der Waals surface area contributed by atoms with Gasteiger partial charge in [-0.05, 0) is 52.5 Å².